The zero-order valence-electron chi connectivity index (χ0n) is 16.6. The summed E-state index contributed by atoms with van der Waals surface area (Å²) in [6.45, 7) is 8.51. The Morgan fingerprint density at radius 3 is 2.83 bits per heavy atom. The molecule has 4 rings (SSSR count). The van der Waals surface area contributed by atoms with E-state index in [-0.39, 0.29) is 17.8 Å². The molecule has 2 N–H and O–H groups in total. The zero-order valence-corrected chi connectivity index (χ0v) is 16.6. The van der Waals surface area contributed by atoms with Crippen LogP contribution in [0.4, 0.5) is 10.1 Å². The number of halogens is 1. The van der Waals surface area contributed by atoms with Crippen LogP contribution in [0.15, 0.2) is 53.5 Å². The van der Waals surface area contributed by atoms with Gasteiger partial charge in [0.2, 0.25) is 0 Å². The predicted octanol–water partition coefficient (Wildman–Crippen LogP) is 4.57. The van der Waals surface area contributed by atoms with Crippen molar-refractivity contribution in [2.45, 2.75) is 13.0 Å². The summed E-state index contributed by atoms with van der Waals surface area (Å²) in [4.78, 5) is 15.1. The highest BCUT2D eigenvalue weighted by Crippen LogP contribution is 2.39. The van der Waals surface area contributed by atoms with Gasteiger partial charge in [-0.3, -0.25) is 9.69 Å². The normalized spacial score (nSPS) is 16.7. The lowest BCUT2D eigenvalue weighted by atomic mass is 9.99. The molecule has 1 aliphatic rings. The van der Waals surface area contributed by atoms with Crippen molar-refractivity contribution in [1.82, 2.24) is 10.2 Å². The number of nitrogens with one attached hydrogen (secondary N) is 2. The Labute approximate surface area is 169 Å². The molecule has 0 saturated carbocycles. The first kappa shape index (κ1) is 19.2. The van der Waals surface area contributed by atoms with E-state index in [1.54, 1.807) is 19.2 Å². The fourth-order valence-electron chi connectivity index (χ4n) is 3.95. The van der Waals surface area contributed by atoms with Gasteiger partial charge in [-0.15, -0.1) is 6.58 Å². The molecule has 2 aromatic carbocycles. The molecule has 0 radical (unpaired) electrons. The van der Waals surface area contributed by atoms with E-state index < -0.39 is 0 Å². The van der Waals surface area contributed by atoms with Crippen LogP contribution in [0.25, 0.3) is 22.3 Å². The van der Waals surface area contributed by atoms with Crippen molar-refractivity contribution < 1.29 is 13.6 Å². The minimum atomic E-state index is -0.335. The maximum atomic E-state index is 13.4. The van der Waals surface area contributed by atoms with Gasteiger partial charge in [0.15, 0.2) is 0 Å². The topological polar surface area (TPSA) is 57.5 Å². The summed E-state index contributed by atoms with van der Waals surface area (Å²) in [6, 6.07) is 10.1. The van der Waals surface area contributed by atoms with Crippen molar-refractivity contribution in [2.75, 3.05) is 32.0 Å². The lowest BCUT2D eigenvalue weighted by molar-refractivity contribution is 0.0964. The van der Waals surface area contributed by atoms with Gasteiger partial charge < -0.3 is 15.1 Å². The highest BCUT2D eigenvalue weighted by Gasteiger charge is 2.26. The van der Waals surface area contributed by atoms with E-state index in [9.17, 15) is 9.18 Å². The van der Waals surface area contributed by atoms with Crippen LogP contribution in [0.5, 0.6) is 0 Å². The second kappa shape index (κ2) is 7.72. The highest BCUT2D eigenvalue weighted by atomic mass is 19.1. The van der Waals surface area contributed by atoms with Crippen molar-refractivity contribution in [3.63, 3.8) is 0 Å². The van der Waals surface area contributed by atoms with Gasteiger partial charge in [-0.25, -0.2) is 4.39 Å². The molecule has 1 unspecified atom stereocenters. The number of nitrogens with zero attached hydrogens (tertiary/aromatic N) is 1. The third-order valence-corrected chi connectivity index (χ3v) is 5.50. The molecule has 150 valence electrons. The van der Waals surface area contributed by atoms with Crippen LogP contribution >= 0.6 is 0 Å². The van der Waals surface area contributed by atoms with Crippen molar-refractivity contribution in [1.29, 1.82) is 0 Å². The SMILES string of the molecule is C=CCN1CCNc2cc3oc(-c4ccc(F)cc4)c(C(=O)NC)c3cc2C1C. The van der Waals surface area contributed by atoms with Crippen LogP contribution < -0.4 is 10.6 Å². The first-order valence-corrected chi connectivity index (χ1v) is 9.70. The molecule has 29 heavy (non-hydrogen) atoms. The number of furan rings is 1. The molecule has 0 aliphatic carbocycles. The molecule has 0 bridgehead atoms. The largest absolute Gasteiger partial charge is 0.455 e. The van der Waals surface area contributed by atoms with Gasteiger partial charge in [0.1, 0.15) is 17.2 Å². The molecule has 1 atom stereocenters. The molecule has 5 nitrogen and oxygen atoms in total. The minimum Gasteiger partial charge on any atom is -0.455 e. The average Bonchev–Trinajstić information content (AvgIpc) is 3.02. The summed E-state index contributed by atoms with van der Waals surface area (Å²) in [5, 5.41) is 6.92. The van der Waals surface area contributed by atoms with E-state index in [1.165, 1.54) is 12.1 Å². The van der Waals surface area contributed by atoms with Crippen LogP contribution in [-0.2, 0) is 0 Å². The monoisotopic (exact) mass is 393 g/mol. The van der Waals surface area contributed by atoms with E-state index in [2.05, 4.69) is 29.0 Å². The molecule has 2 heterocycles. The zero-order chi connectivity index (χ0) is 20.5. The van der Waals surface area contributed by atoms with Crippen LogP contribution in [0.2, 0.25) is 0 Å². The van der Waals surface area contributed by atoms with Gasteiger partial charge in [-0.05, 0) is 42.8 Å². The number of carbonyl (C=O) groups excluding carboxylic acids is 1. The number of benzene rings is 2. The standard InChI is InChI=1S/C23H24FN3O2/c1-4-10-27-11-9-26-19-13-20-18(12-17(19)14(27)2)21(23(28)25-3)22(29-20)15-5-7-16(24)8-6-15/h4-8,12-14,26H,1,9-11H2,2-3H3,(H,25,28). The van der Waals surface area contributed by atoms with Gasteiger partial charge in [0.25, 0.3) is 5.91 Å². The van der Waals surface area contributed by atoms with E-state index in [0.717, 1.165) is 36.3 Å². The Morgan fingerprint density at radius 1 is 1.38 bits per heavy atom. The number of amides is 1. The Morgan fingerprint density at radius 2 is 2.14 bits per heavy atom. The van der Waals surface area contributed by atoms with E-state index >= 15 is 0 Å². The quantitative estimate of drug-likeness (QED) is 0.638. The van der Waals surface area contributed by atoms with Crippen molar-refractivity contribution in [2.24, 2.45) is 0 Å². The van der Waals surface area contributed by atoms with E-state index in [4.69, 9.17) is 4.42 Å². The van der Waals surface area contributed by atoms with Gasteiger partial charge in [-0.1, -0.05) is 6.08 Å². The van der Waals surface area contributed by atoms with Crippen molar-refractivity contribution >= 4 is 22.6 Å². The molecule has 0 spiro atoms. The molecule has 0 saturated heterocycles. The summed E-state index contributed by atoms with van der Waals surface area (Å²) in [7, 11) is 1.59. The Hall–Kier alpha value is -3.12. The number of anilines is 1. The molecule has 1 aliphatic heterocycles. The fraction of sp³-hybridized carbons (Fsp3) is 0.261. The molecular formula is C23H24FN3O2. The van der Waals surface area contributed by atoms with Gasteiger partial charge >= 0.3 is 0 Å². The van der Waals surface area contributed by atoms with Gasteiger partial charge in [0, 0.05) is 55.4 Å². The molecular weight excluding hydrogens is 369 g/mol. The predicted molar refractivity (Wildman–Crippen MR) is 114 cm³/mol. The third kappa shape index (κ3) is 3.40. The highest BCUT2D eigenvalue weighted by molar-refractivity contribution is 6.11. The summed E-state index contributed by atoms with van der Waals surface area (Å²) >= 11 is 0. The van der Waals surface area contributed by atoms with Crippen molar-refractivity contribution in [3.8, 4) is 11.3 Å². The number of fused-ring (bicyclic) bond motifs is 2. The number of hydrogen-bond acceptors (Lipinski definition) is 4. The Kier molecular flexibility index (Phi) is 5.11. The molecule has 6 heteroatoms. The molecule has 1 aromatic heterocycles. The molecule has 1 amide bonds. The minimum absolute atomic E-state index is 0.157. The maximum absolute atomic E-state index is 13.4. The third-order valence-electron chi connectivity index (χ3n) is 5.50. The first-order chi connectivity index (χ1) is 14.0. The maximum Gasteiger partial charge on any atom is 0.255 e. The van der Waals surface area contributed by atoms with Gasteiger partial charge in [-0.2, -0.15) is 0 Å². The van der Waals surface area contributed by atoms with E-state index in [0.29, 0.717) is 22.5 Å². The Balaban J connectivity index is 1.93. The molecule has 0 fully saturated rings. The van der Waals surface area contributed by atoms with Crippen LogP contribution in [0.3, 0.4) is 0 Å². The lowest BCUT2D eigenvalue weighted by Gasteiger charge is -2.26. The van der Waals surface area contributed by atoms with Crippen LogP contribution in [0, 0.1) is 5.82 Å². The summed E-state index contributed by atoms with van der Waals surface area (Å²) in [5.74, 6) is -0.131. The summed E-state index contributed by atoms with van der Waals surface area (Å²) in [6.07, 6.45) is 1.90. The smallest absolute Gasteiger partial charge is 0.255 e. The fourth-order valence-corrected chi connectivity index (χ4v) is 3.95. The average molecular weight is 393 g/mol. The van der Waals surface area contributed by atoms with Crippen LogP contribution in [0.1, 0.15) is 28.9 Å². The number of hydrogen-bond donors (Lipinski definition) is 2. The number of carbonyl (C=O) groups is 1. The summed E-state index contributed by atoms with van der Waals surface area (Å²) < 4.78 is 19.5. The second-order valence-electron chi connectivity index (χ2n) is 7.21. The first-order valence-electron chi connectivity index (χ1n) is 9.70. The van der Waals surface area contributed by atoms with Crippen LogP contribution in [-0.4, -0.2) is 37.5 Å². The Bertz CT molecular complexity index is 1070. The molecule has 3 aromatic rings. The van der Waals surface area contributed by atoms with E-state index in [1.807, 2.05) is 18.2 Å². The van der Waals surface area contributed by atoms with Crippen molar-refractivity contribution in [3.05, 3.63) is 66.0 Å². The number of rotatable bonds is 4. The second-order valence-corrected chi connectivity index (χ2v) is 7.21. The lowest BCUT2D eigenvalue weighted by Crippen LogP contribution is -2.29. The summed E-state index contributed by atoms with van der Waals surface area (Å²) in [5.41, 5.74) is 3.85. The van der Waals surface area contributed by atoms with Gasteiger partial charge in [0.05, 0.1) is 5.56 Å².